The minimum atomic E-state index is -3.59. The zero-order valence-corrected chi connectivity index (χ0v) is 15.4. The van der Waals surface area contributed by atoms with Crippen LogP contribution in [-0.2, 0) is 16.6 Å². The van der Waals surface area contributed by atoms with Gasteiger partial charge < -0.3 is 5.32 Å². The van der Waals surface area contributed by atoms with Crippen molar-refractivity contribution >= 4 is 15.9 Å². The van der Waals surface area contributed by atoms with Crippen LogP contribution in [0.4, 0.5) is 0 Å². The van der Waals surface area contributed by atoms with Crippen molar-refractivity contribution in [3.05, 3.63) is 65.2 Å². The van der Waals surface area contributed by atoms with Gasteiger partial charge >= 0.3 is 0 Å². The number of carbonyl (C=O) groups is 1. The lowest BCUT2D eigenvalue weighted by molar-refractivity contribution is 0.0950. The Labute approximate surface area is 149 Å². The fraction of sp³-hybridized carbons (Fsp3) is 0.316. The lowest BCUT2D eigenvalue weighted by atomic mass is 10.1. The third kappa shape index (κ3) is 5.41. The minimum Gasteiger partial charge on any atom is -0.348 e. The van der Waals surface area contributed by atoms with Gasteiger partial charge in [0.25, 0.3) is 5.91 Å². The van der Waals surface area contributed by atoms with E-state index in [1.807, 2.05) is 38.1 Å². The van der Waals surface area contributed by atoms with Crippen LogP contribution in [0.15, 0.2) is 53.4 Å². The second-order valence-corrected chi connectivity index (χ2v) is 7.66. The van der Waals surface area contributed by atoms with E-state index in [2.05, 4.69) is 10.0 Å². The molecule has 0 aliphatic rings. The van der Waals surface area contributed by atoms with E-state index in [0.29, 0.717) is 18.7 Å². The van der Waals surface area contributed by atoms with Gasteiger partial charge in [-0.1, -0.05) is 43.7 Å². The molecular formula is C19H24N2O3S. The van der Waals surface area contributed by atoms with Gasteiger partial charge in [-0.25, -0.2) is 13.1 Å². The maximum absolute atomic E-state index is 12.3. The fourth-order valence-electron chi connectivity index (χ4n) is 2.36. The van der Waals surface area contributed by atoms with Crippen LogP contribution in [0, 0.1) is 6.92 Å². The first-order valence-electron chi connectivity index (χ1n) is 8.36. The van der Waals surface area contributed by atoms with Crippen LogP contribution in [0.1, 0.15) is 41.3 Å². The van der Waals surface area contributed by atoms with Crippen LogP contribution in [-0.4, -0.2) is 20.9 Å². The molecule has 0 heterocycles. The van der Waals surface area contributed by atoms with Crippen molar-refractivity contribution in [1.29, 1.82) is 0 Å². The van der Waals surface area contributed by atoms with Gasteiger partial charge in [-0.2, -0.15) is 0 Å². The molecule has 0 fully saturated rings. The summed E-state index contributed by atoms with van der Waals surface area (Å²) < 4.78 is 27.1. The van der Waals surface area contributed by atoms with Gasteiger partial charge in [0.1, 0.15) is 0 Å². The highest BCUT2D eigenvalue weighted by molar-refractivity contribution is 7.89. The van der Waals surface area contributed by atoms with E-state index >= 15 is 0 Å². The van der Waals surface area contributed by atoms with Gasteiger partial charge in [-0.05, 0) is 42.7 Å². The molecule has 5 nitrogen and oxygen atoms in total. The van der Waals surface area contributed by atoms with E-state index in [1.54, 1.807) is 12.1 Å². The summed E-state index contributed by atoms with van der Waals surface area (Å²) in [6.07, 6.45) is 1.68. The predicted molar refractivity (Wildman–Crippen MR) is 98.9 cm³/mol. The molecule has 0 atom stereocenters. The highest BCUT2D eigenvalue weighted by Gasteiger charge is 2.15. The second-order valence-electron chi connectivity index (χ2n) is 5.89. The van der Waals surface area contributed by atoms with Crippen molar-refractivity contribution in [1.82, 2.24) is 10.0 Å². The number of aryl methyl sites for hydroxylation is 1. The molecule has 1 amide bonds. The summed E-state index contributed by atoms with van der Waals surface area (Å²) in [6, 6.07) is 13.9. The van der Waals surface area contributed by atoms with Gasteiger partial charge in [0.2, 0.25) is 10.0 Å². The topological polar surface area (TPSA) is 75.3 Å². The molecule has 0 saturated carbocycles. The minimum absolute atomic E-state index is 0.104. The lowest BCUT2D eigenvalue weighted by Gasteiger charge is -2.10. The van der Waals surface area contributed by atoms with Crippen LogP contribution in [0.3, 0.4) is 0 Å². The molecule has 25 heavy (non-hydrogen) atoms. The molecular weight excluding hydrogens is 336 g/mol. The van der Waals surface area contributed by atoms with Crippen molar-refractivity contribution in [2.24, 2.45) is 0 Å². The average Bonchev–Trinajstić information content (AvgIpc) is 2.61. The number of carbonyl (C=O) groups excluding carboxylic acids is 1. The molecule has 2 rings (SSSR count). The van der Waals surface area contributed by atoms with Gasteiger partial charge in [0.05, 0.1) is 4.90 Å². The third-order valence-corrected chi connectivity index (χ3v) is 5.39. The zero-order valence-electron chi connectivity index (χ0n) is 14.6. The number of hydrogen-bond acceptors (Lipinski definition) is 3. The molecule has 0 spiro atoms. The van der Waals surface area contributed by atoms with Crippen molar-refractivity contribution in [2.75, 3.05) is 6.54 Å². The molecule has 2 aromatic carbocycles. The van der Waals surface area contributed by atoms with Crippen LogP contribution in [0.5, 0.6) is 0 Å². The van der Waals surface area contributed by atoms with Crippen molar-refractivity contribution in [2.45, 2.75) is 38.1 Å². The van der Waals surface area contributed by atoms with Crippen molar-refractivity contribution in [3.63, 3.8) is 0 Å². The summed E-state index contributed by atoms with van der Waals surface area (Å²) in [5, 5.41) is 2.83. The molecule has 2 aromatic rings. The van der Waals surface area contributed by atoms with E-state index in [1.165, 1.54) is 12.1 Å². The summed E-state index contributed by atoms with van der Waals surface area (Å²) in [4.78, 5) is 12.4. The highest BCUT2D eigenvalue weighted by atomic mass is 32.2. The normalized spacial score (nSPS) is 11.3. The Balaban J connectivity index is 2.07. The lowest BCUT2D eigenvalue weighted by Crippen LogP contribution is -2.26. The number of unbranched alkanes of at least 4 members (excludes halogenated alkanes) is 1. The zero-order chi connectivity index (χ0) is 18.3. The maximum atomic E-state index is 12.3. The predicted octanol–water partition coefficient (Wildman–Crippen LogP) is 3.00. The van der Waals surface area contributed by atoms with Crippen molar-refractivity contribution < 1.29 is 13.2 Å². The Hall–Kier alpha value is -2.18. The number of hydrogen-bond donors (Lipinski definition) is 2. The van der Waals surface area contributed by atoms with Crippen LogP contribution < -0.4 is 10.0 Å². The molecule has 134 valence electrons. The molecule has 2 N–H and O–H groups in total. The largest absolute Gasteiger partial charge is 0.348 e. The quantitative estimate of drug-likeness (QED) is 0.711. The molecule has 0 radical (unpaired) electrons. The SMILES string of the molecule is CCCCNS(=O)(=O)c1cccc(C(=O)NCc2ccccc2C)c1. The van der Waals surface area contributed by atoms with Crippen LogP contribution >= 0.6 is 0 Å². The van der Waals surface area contributed by atoms with E-state index in [-0.39, 0.29) is 10.8 Å². The van der Waals surface area contributed by atoms with E-state index in [9.17, 15) is 13.2 Å². The standard InChI is InChI=1S/C19H24N2O3S/c1-3-4-12-21-25(23,24)18-11-7-10-16(13-18)19(22)20-14-17-9-6-5-8-15(17)2/h5-11,13,21H,3-4,12,14H2,1-2H3,(H,20,22). The molecule has 0 unspecified atom stereocenters. The van der Waals surface area contributed by atoms with E-state index in [4.69, 9.17) is 0 Å². The first-order chi connectivity index (χ1) is 11.9. The number of sulfonamides is 1. The average molecular weight is 360 g/mol. The summed E-state index contributed by atoms with van der Waals surface area (Å²) in [5.74, 6) is -0.297. The van der Waals surface area contributed by atoms with Crippen molar-refractivity contribution in [3.8, 4) is 0 Å². The van der Waals surface area contributed by atoms with Gasteiger partial charge in [-0.15, -0.1) is 0 Å². The summed E-state index contributed by atoms with van der Waals surface area (Å²) in [6.45, 7) is 4.77. The van der Waals surface area contributed by atoms with Gasteiger partial charge in [-0.3, -0.25) is 4.79 Å². The highest BCUT2D eigenvalue weighted by Crippen LogP contribution is 2.12. The van der Waals surface area contributed by atoms with E-state index in [0.717, 1.165) is 24.0 Å². The maximum Gasteiger partial charge on any atom is 0.251 e. The Bertz CT molecular complexity index is 832. The Morgan fingerprint density at radius 2 is 1.84 bits per heavy atom. The molecule has 6 heteroatoms. The van der Waals surface area contributed by atoms with Gasteiger partial charge in [0.15, 0.2) is 0 Å². The summed E-state index contributed by atoms with van der Waals surface area (Å²) in [5.41, 5.74) is 2.45. The molecule has 0 aromatic heterocycles. The van der Waals surface area contributed by atoms with Crippen LogP contribution in [0.2, 0.25) is 0 Å². The summed E-state index contributed by atoms with van der Waals surface area (Å²) >= 11 is 0. The Morgan fingerprint density at radius 1 is 1.08 bits per heavy atom. The smallest absolute Gasteiger partial charge is 0.251 e. The van der Waals surface area contributed by atoms with Crippen LogP contribution in [0.25, 0.3) is 0 Å². The summed E-state index contributed by atoms with van der Waals surface area (Å²) in [7, 11) is -3.59. The fourth-order valence-corrected chi connectivity index (χ4v) is 3.48. The Kier molecular flexibility index (Phi) is 6.73. The number of benzene rings is 2. The number of amides is 1. The molecule has 0 bridgehead atoms. The van der Waals surface area contributed by atoms with E-state index < -0.39 is 10.0 Å². The van der Waals surface area contributed by atoms with Gasteiger partial charge in [0, 0.05) is 18.7 Å². The number of nitrogens with one attached hydrogen (secondary N) is 2. The first-order valence-corrected chi connectivity index (χ1v) is 9.85. The molecule has 0 aliphatic heterocycles. The molecule has 0 saturated heterocycles. The monoisotopic (exact) mass is 360 g/mol. The first kappa shape index (κ1) is 19.1. The molecule has 0 aliphatic carbocycles. The third-order valence-electron chi connectivity index (χ3n) is 3.93. The number of rotatable bonds is 8. The Morgan fingerprint density at radius 3 is 2.56 bits per heavy atom. The second kappa shape index (κ2) is 8.78.